The number of carboxylic acids is 1. The van der Waals surface area contributed by atoms with E-state index in [0.29, 0.717) is 0 Å². The van der Waals surface area contributed by atoms with Crippen LogP contribution in [0.25, 0.3) is 11.1 Å². The lowest BCUT2D eigenvalue weighted by Crippen LogP contribution is -2.33. The van der Waals surface area contributed by atoms with Gasteiger partial charge < -0.3 is 20.1 Å². The van der Waals surface area contributed by atoms with Crippen molar-refractivity contribution in [2.75, 3.05) is 26.2 Å². The van der Waals surface area contributed by atoms with Gasteiger partial charge in [-0.1, -0.05) is 55.5 Å². The number of alkyl halides is 2. The van der Waals surface area contributed by atoms with Crippen molar-refractivity contribution >= 4 is 18.0 Å². The van der Waals surface area contributed by atoms with Gasteiger partial charge in [-0.2, -0.15) is 0 Å². The van der Waals surface area contributed by atoms with Gasteiger partial charge >= 0.3 is 12.1 Å². The van der Waals surface area contributed by atoms with Crippen LogP contribution >= 0.6 is 0 Å². The number of nitrogens with one attached hydrogen (secondary N) is 1. The van der Waals surface area contributed by atoms with Crippen LogP contribution in [-0.2, 0) is 14.3 Å². The molecule has 2 aromatic carbocycles. The maximum Gasteiger partial charge on any atom is 0.407 e. The molecule has 9 heteroatoms. The Labute approximate surface area is 201 Å². The molecule has 1 heterocycles. The lowest BCUT2D eigenvalue weighted by atomic mass is 9.98. The summed E-state index contributed by atoms with van der Waals surface area (Å²) in [5.74, 6) is -9.16. The molecule has 2 N–H and O–H groups in total. The second kappa shape index (κ2) is 8.62. The molecular formula is C26H26F2N2O5. The molecule has 1 aliphatic heterocycles. The summed E-state index contributed by atoms with van der Waals surface area (Å²) in [5.41, 5.74) is 4.25. The maximum absolute atomic E-state index is 14.4. The fraction of sp³-hybridized carbons (Fsp3) is 0.423. The maximum atomic E-state index is 14.4. The quantitative estimate of drug-likeness (QED) is 0.654. The van der Waals surface area contributed by atoms with Gasteiger partial charge in [0.25, 0.3) is 5.92 Å². The van der Waals surface area contributed by atoms with Gasteiger partial charge in [0.2, 0.25) is 5.91 Å². The summed E-state index contributed by atoms with van der Waals surface area (Å²) in [4.78, 5) is 37.4. The van der Waals surface area contributed by atoms with Gasteiger partial charge in [0.1, 0.15) is 12.5 Å². The number of likely N-dealkylation sites (tertiary alicyclic amines) is 1. The molecule has 0 radical (unpaired) electrons. The highest BCUT2D eigenvalue weighted by Gasteiger charge is 2.72. The Morgan fingerprint density at radius 3 is 2.23 bits per heavy atom. The fourth-order valence-electron chi connectivity index (χ4n) is 5.49. The number of ether oxygens (including phenoxy) is 1. The molecule has 1 saturated heterocycles. The van der Waals surface area contributed by atoms with Crippen molar-refractivity contribution in [3.05, 3.63) is 59.7 Å². The van der Waals surface area contributed by atoms with E-state index in [2.05, 4.69) is 5.32 Å². The second-order valence-electron chi connectivity index (χ2n) is 9.63. The number of hydrogen-bond acceptors (Lipinski definition) is 4. The zero-order valence-corrected chi connectivity index (χ0v) is 19.1. The van der Waals surface area contributed by atoms with Crippen LogP contribution in [0.2, 0.25) is 0 Å². The lowest BCUT2D eigenvalue weighted by molar-refractivity contribution is -0.142. The minimum absolute atomic E-state index is 0.0610. The topological polar surface area (TPSA) is 95.9 Å². The van der Waals surface area contributed by atoms with E-state index in [0.717, 1.165) is 22.3 Å². The Morgan fingerprint density at radius 2 is 1.66 bits per heavy atom. The Hall–Kier alpha value is -3.49. The van der Waals surface area contributed by atoms with Crippen molar-refractivity contribution in [1.82, 2.24) is 10.2 Å². The van der Waals surface area contributed by atoms with Crippen LogP contribution in [0, 0.1) is 23.7 Å². The molecule has 0 aromatic heterocycles. The monoisotopic (exact) mass is 484 g/mol. The summed E-state index contributed by atoms with van der Waals surface area (Å²) in [6.07, 6.45) is -0.818. The molecule has 2 fully saturated rings. The first-order valence-corrected chi connectivity index (χ1v) is 11.7. The van der Waals surface area contributed by atoms with E-state index in [-0.39, 0.29) is 31.5 Å². The third-order valence-electron chi connectivity index (χ3n) is 7.52. The molecule has 1 saturated carbocycles. The number of fused-ring (bicyclic) bond motifs is 3. The summed E-state index contributed by atoms with van der Waals surface area (Å²) in [7, 11) is 0. The number of halogens is 2. The minimum atomic E-state index is -3.25. The van der Waals surface area contributed by atoms with E-state index >= 15 is 0 Å². The standard InChI is InChI=1S/C26H26F2N2O5/c1-14-11-30(12-19(14)24(32)33)23(31)22-21(26(22,27)28)10-29-25(34)35-13-20-17-8-4-2-6-15(17)16-7-3-5-9-18(16)20/h2-9,14,19-22H,10-13H2,1H3,(H,29,34)(H,32,33). The highest BCUT2D eigenvalue weighted by Crippen LogP contribution is 2.56. The average molecular weight is 484 g/mol. The van der Waals surface area contributed by atoms with Crippen molar-refractivity contribution in [2.45, 2.75) is 18.8 Å². The first-order valence-electron chi connectivity index (χ1n) is 11.7. The summed E-state index contributed by atoms with van der Waals surface area (Å²) in [5, 5.41) is 11.6. The van der Waals surface area contributed by atoms with Crippen LogP contribution in [0.3, 0.4) is 0 Å². The van der Waals surface area contributed by atoms with Gasteiger partial charge in [0.05, 0.1) is 11.8 Å². The predicted octanol–water partition coefficient (Wildman–Crippen LogP) is 3.59. The number of carboxylic acid groups (broad SMARTS) is 1. The molecule has 4 atom stereocenters. The molecule has 0 spiro atoms. The highest BCUT2D eigenvalue weighted by atomic mass is 19.3. The van der Waals surface area contributed by atoms with Gasteiger partial charge in [0, 0.05) is 25.6 Å². The molecule has 35 heavy (non-hydrogen) atoms. The largest absolute Gasteiger partial charge is 0.481 e. The van der Waals surface area contributed by atoms with Gasteiger partial charge in [-0.15, -0.1) is 0 Å². The molecule has 7 nitrogen and oxygen atoms in total. The Kier molecular flexibility index (Phi) is 5.73. The van der Waals surface area contributed by atoms with Crippen LogP contribution in [-0.4, -0.2) is 60.1 Å². The Bertz CT molecular complexity index is 1140. The van der Waals surface area contributed by atoms with Crippen LogP contribution in [0.4, 0.5) is 13.6 Å². The molecule has 2 amide bonds. The molecule has 3 aliphatic rings. The zero-order valence-electron chi connectivity index (χ0n) is 19.1. The minimum Gasteiger partial charge on any atom is -0.481 e. The zero-order chi connectivity index (χ0) is 24.9. The summed E-state index contributed by atoms with van der Waals surface area (Å²) >= 11 is 0. The molecule has 0 bridgehead atoms. The fourth-order valence-corrected chi connectivity index (χ4v) is 5.49. The second-order valence-corrected chi connectivity index (χ2v) is 9.63. The van der Waals surface area contributed by atoms with Crippen LogP contribution in [0.15, 0.2) is 48.5 Å². The first kappa shape index (κ1) is 23.3. The van der Waals surface area contributed by atoms with Gasteiger partial charge in [-0.05, 0) is 28.2 Å². The van der Waals surface area contributed by atoms with E-state index in [1.807, 2.05) is 48.5 Å². The van der Waals surface area contributed by atoms with Crippen molar-refractivity contribution in [1.29, 1.82) is 0 Å². The first-order chi connectivity index (χ1) is 16.7. The third kappa shape index (κ3) is 4.02. The van der Waals surface area contributed by atoms with Gasteiger partial charge in [0.15, 0.2) is 0 Å². The molecular weight excluding hydrogens is 458 g/mol. The number of alkyl carbamates (subject to hydrolysis) is 1. The summed E-state index contributed by atoms with van der Waals surface area (Å²) in [6.45, 7) is 1.41. The van der Waals surface area contributed by atoms with Crippen LogP contribution < -0.4 is 5.32 Å². The van der Waals surface area contributed by atoms with Crippen molar-refractivity contribution in [3.63, 3.8) is 0 Å². The smallest absolute Gasteiger partial charge is 0.407 e. The number of benzene rings is 2. The Balaban J connectivity index is 1.16. The lowest BCUT2D eigenvalue weighted by Gasteiger charge is -2.16. The van der Waals surface area contributed by atoms with E-state index < -0.39 is 48.2 Å². The van der Waals surface area contributed by atoms with Gasteiger partial charge in [-0.3, -0.25) is 9.59 Å². The highest BCUT2D eigenvalue weighted by molar-refractivity contribution is 5.85. The number of carbonyl (C=O) groups is 3. The average Bonchev–Trinajstić information content (AvgIpc) is 3.11. The SMILES string of the molecule is CC1CN(C(=O)C2C(CNC(=O)OCC3c4ccccc4-c4ccccc43)C2(F)F)CC1C(=O)O. The summed E-state index contributed by atoms with van der Waals surface area (Å²) < 4.78 is 34.1. The molecule has 5 rings (SSSR count). The summed E-state index contributed by atoms with van der Waals surface area (Å²) in [6, 6.07) is 15.7. The number of hydrogen-bond donors (Lipinski definition) is 2. The number of amides is 2. The normalized spacial score (nSPS) is 26.1. The number of rotatable bonds is 6. The molecule has 2 aromatic rings. The van der Waals surface area contributed by atoms with Crippen molar-refractivity contribution in [2.24, 2.45) is 23.7 Å². The van der Waals surface area contributed by atoms with Crippen LogP contribution in [0.5, 0.6) is 0 Å². The third-order valence-corrected chi connectivity index (χ3v) is 7.52. The molecule has 2 aliphatic carbocycles. The Morgan fingerprint density at radius 1 is 1.06 bits per heavy atom. The van der Waals surface area contributed by atoms with Crippen LogP contribution in [0.1, 0.15) is 24.0 Å². The van der Waals surface area contributed by atoms with E-state index in [1.54, 1.807) is 6.92 Å². The van der Waals surface area contributed by atoms with E-state index in [9.17, 15) is 28.3 Å². The molecule has 4 unspecified atom stereocenters. The predicted molar refractivity (Wildman–Crippen MR) is 122 cm³/mol. The van der Waals surface area contributed by atoms with Crippen molar-refractivity contribution < 1.29 is 33.0 Å². The van der Waals surface area contributed by atoms with Gasteiger partial charge in [-0.25, -0.2) is 13.6 Å². The molecule has 184 valence electrons. The van der Waals surface area contributed by atoms with Crippen molar-refractivity contribution in [3.8, 4) is 11.1 Å². The number of carbonyl (C=O) groups excluding carboxylic acids is 2. The number of nitrogens with zero attached hydrogens (tertiary/aromatic N) is 1. The van der Waals surface area contributed by atoms with E-state index in [1.165, 1.54) is 4.90 Å². The van der Waals surface area contributed by atoms with E-state index in [4.69, 9.17) is 4.74 Å². The number of aliphatic carboxylic acids is 1.